The first-order valence-corrected chi connectivity index (χ1v) is 7.44. The molecular weight excluding hydrogens is 311 g/mol. The van der Waals surface area contributed by atoms with E-state index in [-0.39, 0.29) is 16.6 Å². The maximum Gasteiger partial charge on any atom is 0.257 e. The average molecular weight is 328 g/mol. The fourth-order valence-electron chi connectivity index (χ4n) is 2.37. The summed E-state index contributed by atoms with van der Waals surface area (Å²) >= 11 is 0. The van der Waals surface area contributed by atoms with Gasteiger partial charge in [0, 0.05) is 23.7 Å². The molecule has 3 aromatic rings. The topological polar surface area (TPSA) is 79.8 Å². The van der Waals surface area contributed by atoms with Gasteiger partial charge in [0.05, 0.1) is 16.6 Å². The van der Waals surface area contributed by atoms with Crippen LogP contribution in [0.5, 0.6) is 0 Å². The van der Waals surface area contributed by atoms with E-state index in [1.807, 2.05) is 20.8 Å². The summed E-state index contributed by atoms with van der Waals surface area (Å²) in [7, 11) is 0. The Kier molecular flexibility index (Phi) is 3.71. The van der Waals surface area contributed by atoms with Crippen molar-refractivity contribution in [3.8, 4) is 0 Å². The lowest BCUT2D eigenvalue weighted by Gasteiger charge is -2.18. The Hall–Kier alpha value is -2.96. The number of aromatic nitrogens is 3. The maximum atomic E-state index is 13.3. The van der Waals surface area contributed by atoms with Gasteiger partial charge in [0.15, 0.2) is 5.82 Å². The largest absolute Gasteiger partial charge is 0.322 e. The van der Waals surface area contributed by atoms with Gasteiger partial charge in [-0.1, -0.05) is 0 Å². The highest BCUT2D eigenvalue weighted by Gasteiger charge is 2.17. The van der Waals surface area contributed by atoms with Crippen molar-refractivity contribution >= 4 is 22.6 Å². The van der Waals surface area contributed by atoms with Crippen molar-refractivity contribution < 1.29 is 9.18 Å². The molecule has 6 nitrogen and oxygen atoms in total. The van der Waals surface area contributed by atoms with Crippen LogP contribution in [0.4, 0.5) is 10.2 Å². The molecule has 0 saturated heterocycles. The number of carbonyl (C=O) groups excluding carboxylic acids is 1. The summed E-state index contributed by atoms with van der Waals surface area (Å²) < 4.78 is 15.1. The zero-order chi connectivity index (χ0) is 17.5. The molecule has 0 radical (unpaired) electrons. The first-order chi connectivity index (χ1) is 11.2. The van der Waals surface area contributed by atoms with Gasteiger partial charge in [-0.2, -0.15) is 5.10 Å². The highest BCUT2D eigenvalue weighted by atomic mass is 19.1. The maximum absolute atomic E-state index is 13.3. The van der Waals surface area contributed by atoms with Crippen molar-refractivity contribution in [1.82, 2.24) is 14.8 Å². The lowest BCUT2D eigenvalue weighted by atomic mass is 10.1. The summed E-state index contributed by atoms with van der Waals surface area (Å²) in [5, 5.41) is 7.43. The number of H-pyrrole nitrogens is 1. The van der Waals surface area contributed by atoms with Crippen molar-refractivity contribution in [2.24, 2.45) is 0 Å². The normalized spacial score (nSPS) is 11.7. The van der Waals surface area contributed by atoms with Crippen LogP contribution < -0.4 is 10.9 Å². The number of aromatic amines is 1. The predicted molar refractivity (Wildman–Crippen MR) is 89.7 cm³/mol. The molecule has 0 bridgehead atoms. The summed E-state index contributed by atoms with van der Waals surface area (Å²) in [5.74, 6) is -0.582. The summed E-state index contributed by atoms with van der Waals surface area (Å²) in [6, 6.07) is 6.76. The van der Waals surface area contributed by atoms with E-state index in [9.17, 15) is 14.0 Å². The van der Waals surface area contributed by atoms with Gasteiger partial charge in [0.2, 0.25) is 5.56 Å². The SMILES string of the molecule is CC(C)(C)n1ccc(NC(=O)c2cc(=O)[nH]c3cc(F)ccc23)n1. The summed E-state index contributed by atoms with van der Waals surface area (Å²) in [6.07, 6.45) is 1.76. The van der Waals surface area contributed by atoms with E-state index in [0.29, 0.717) is 11.2 Å². The third-order valence-corrected chi connectivity index (χ3v) is 3.57. The molecule has 124 valence electrons. The number of nitrogens with one attached hydrogen (secondary N) is 2. The Morgan fingerprint density at radius 1 is 1.25 bits per heavy atom. The molecule has 2 heterocycles. The van der Waals surface area contributed by atoms with Gasteiger partial charge in [0.25, 0.3) is 5.91 Å². The van der Waals surface area contributed by atoms with Crippen LogP contribution >= 0.6 is 0 Å². The monoisotopic (exact) mass is 328 g/mol. The molecule has 0 aliphatic carbocycles. The Labute approximate surface area is 137 Å². The highest BCUT2D eigenvalue weighted by Crippen LogP contribution is 2.19. The Balaban J connectivity index is 1.97. The second kappa shape index (κ2) is 5.59. The molecule has 2 aromatic heterocycles. The molecule has 7 heteroatoms. The molecule has 0 atom stereocenters. The van der Waals surface area contributed by atoms with Gasteiger partial charge in [0.1, 0.15) is 5.82 Å². The van der Waals surface area contributed by atoms with E-state index in [0.717, 1.165) is 0 Å². The summed E-state index contributed by atoms with van der Waals surface area (Å²) in [6.45, 7) is 5.97. The third-order valence-electron chi connectivity index (χ3n) is 3.57. The van der Waals surface area contributed by atoms with Crippen LogP contribution in [0.2, 0.25) is 0 Å². The smallest absolute Gasteiger partial charge is 0.257 e. The number of nitrogens with zero attached hydrogens (tertiary/aromatic N) is 2. The summed E-state index contributed by atoms with van der Waals surface area (Å²) in [4.78, 5) is 26.8. The van der Waals surface area contributed by atoms with E-state index in [1.54, 1.807) is 16.9 Å². The zero-order valence-corrected chi connectivity index (χ0v) is 13.6. The standard InChI is InChI=1S/C17H17FN4O2/c1-17(2,3)22-7-6-14(21-22)20-16(24)12-9-15(23)19-13-8-10(18)4-5-11(12)13/h4-9H,1-3H3,(H,19,23)(H,20,21,24). The van der Waals surface area contributed by atoms with Crippen LogP contribution in [0.15, 0.2) is 41.3 Å². The van der Waals surface area contributed by atoms with Gasteiger partial charge in [-0.05, 0) is 39.0 Å². The Morgan fingerprint density at radius 3 is 2.67 bits per heavy atom. The average Bonchev–Trinajstić information content (AvgIpc) is 2.94. The van der Waals surface area contributed by atoms with Gasteiger partial charge in [-0.3, -0.25) is 14.3 Å². The number of hydrogen-bond donors (Lipinski definition) is 2. The Morgan fingerprint density at radius 2 is 2.00 bits per heavy atom. The summed E-state index contributed by atoms with van der Waals surface area (Å²) in [5.41, 5.74) is -0.248. The number of anilines is 1. The number of pyridine rings is 1. The van der Waals surface area contributed by atoms with Crippen LogP contribution in [-0.4, -0.2) is 20.7 Å². The van der Waals surface area contributed by atoms with Crippen LogP contribution in [0.3, 0.4) is 0 Å². The van der Waals surface area contributed by atoms with Crippen LogP contribution in [0.1, 0.15) is 31.1 Å². The second-order valence-electron chi connectivity index (χ2n) is 6.51. The number of carbonyl (C=O) groups is 1. The molecule has 3 rings (SSSR count). The fourth-order valence-corrected chi connectivity index (χ4v) is 2.37. The number of fused-ring (bicyclic) bond motifs is 1. The van der Waals surface area contributed by atoms with Crippen molar-refractivity contribution in [2.75, 3.05) is 5.32 Å². The quantitative estimate of drug-likeness (QED) is 0.759. The van der Waals surface area contributed by atoms with Gasteiger partial charge < -0.3 is 10.3 Å². The number of halogens is 1. The number of hydrogen-bond acceptors (Lipinski definition) is 3. The van der Waals surface area contributed by atoms with Gasteiger partial charge in [-0.15, -0.1) is 0 Å². The van der Waals surface area contributed by atoms with Gasteiger partial charge in [-0.25, -0.2) is 4.39 Å². The number of amides is 1. The third kappa shape index (κ3) is 3.05. The van der Waals surface area contributed by atoms with E-state index in [2.05, 4.69) is 15.4 Å². The van der Waals surface area contributed by atoms with Gasteiger partial charge >= 0.3 is 0 Å². The second-order valence-corrected chi connectivity index (χ2v) is 6.51. The Bertz CT molecular complexity index is 982. The van der Waals surface area contributed by atoms with Crippen molar-refractivity contribution in [1.29, 1.82) is 0 Å². The van der Waals surface area contributed by atoms with E-state index < -0.39 is 17.3 Å². The lowest BCUT2D eigenvalue weighted by Crippen LogP contribution is -2.23. The van der Waals surface area contributed by atoms with E-state index in [1.165, 1.54) is 24.3 Å². The first kappa shape index (κ1) is 15.9. The number of benzene rings is 1. The first-order valence-electron chi connectivity index (χ1n) is 7.44. The minimum absolute atomic E-state index is 0.166. The molecule has 24 heavy (non-hydrogen) atoms. The molecule has 0 aliphatic heterocycles. The molecule has 0 saturated carbocycles. The minimum atomic E-state index is -0.486. The molecule has 0 spiro atoms. The van der Waals surface area contributed by atoms with E-state index in [4.69, 9.17) is 0 Å². The predicted octanol–water partition coefficient (Wildman–Crippen LogP) is 2.87. The molecule has 0 aliphatic rings. The van der Waals surface area contributed by atoms with Crippen molar-refractivity contribution in [3.63, 3.8) is 0 Å². The van der Waals surface area contributed by atoms with Crippen LogP contribution in [0.25, 0.3) is 10.9 Å². The minimum Gasteiger partial charge on any atom is -0.322 e. The lowest BCUT2D eigenvalue weighted by molar-refractivity contribution is 0.102. The number of rotatable bonds is 2. The highest BCUT2D eigenvalue weighted by molar-refractivity contribution is 6.11. The van der Waals surface area contributed by atoms with Crippen LogP contribution in [0, 0.1) is 5.82 Å². The fraction of sp³-hybridized carbons (Fsp3) is 0.235. The molecule has 1 amide bonds. The van der Waals surface area contributed by atoms with E-state index >= 15 is 0 Å². The van der Waals surface area contributed by atoms with Crippen molar-refractivity contribution in [2.45, 2.75) is 26.3 Å². The molecule has 2 N–H and O–H groups in total. The molecule has 0 fully saturated rings. The molecular formula is C17H17FN4O2. The van der Waals surface area contributed by atoms with Crippen molar-refractivity contribution in [3.05, 3.63) is 58.3 Å². The van der Waals surface area contributed by atoms with Crippen LogP contribution in [-0.2, 0) is 5.54 Å². The zero-order valence-electron chi connectivity index (χ0n) is 13.6. The molecule has 0 unspecified atom stereocenters. The molecule has 1 aromatic carbocycles.